The summed E-state index contributed by atoms with van der Waals surface area (Å²) in [5.74, 6) is -0.0447. The molecule has 40 heavy (non-hydrogen) atoms. The maximum absolute atomic E-state index is 13.7. The second-order valence-corrected chi connectivity index (χ2v) is 12.4. The topological polar surface area (TPSA) is 60.9 Å². The molecule has 206 valence electrons. The van der Waals surface area contributed by atoms with Crippen molar-refractivity contribution in [1.82, 2.24) is 4.90 Å². The highest BCUT2D eigenvalue weighted by Gasteiger charge is 2.27. The fraction of sp³-hybridized carbons (Fsp3) is 0.194. The number of piperazine rings is 1. The highest BCUT2D eigenvalue weighted by atomic mass is 35.5. The van der Waals surface area contributed by atoms with Crippen molar-refractivity contribution >= 4 is 50.5 Å². The Bertz CT molecular complexity index is 1600. The van der Waals surface area contributed by atoms with Crippen LogP contribution in [-0.2, 0) is 16.6 Å². The smallest absolute Gasteiger partial charge is 0.264 e. The molecule has 4 aromatic carbocycles. The van der Waals surface area contributed by atoms with Crippen molar-refractivity contribution in [3.8, 4) is 0 Å². The van der Waals surface area contributed by atoms with Crippen molar-refractivity contribution in [1.29, 1.82) is 0 Å². The average Bonchev–Trinajstić information content (AvgIpc) is 2.98. The zero-order valence-corrected chi connectivity index (χ0v) is 24.3. The van der Waals surface area contributed by atoms with Gasteiger partial charge in [-0.05, 0) is 72.6 Å². The van der Waals surface area contributed by atoms with Crippen LogP contribution in [0.2, 0.25) is 10.0 Å². The Balaban J connectivity index is 1.33. The van der Waals surface area contributed by atoms with Crippen molar-refractivity contribution in [3.63, 3.8) is 0 Å². The minimum Gasteiger partial charge on any atom is -0.368 e. The van der Waals surface area contributed by atoms with Gasteiger partial charge in [-0.2, -0.15) is 0 Å². The first-order valence-corrected chi connectivity index (χ1v) is 15.1. The molecule has 0 radical (unpaired) electrons. The molecular weight excluding hydrogens is 565 g/mol. The second kappa shape index (κ2) is 11.9. The lowest BCUT2D eigenvalue weighted by Gasteiger charge is -2.36. The van der Waals surface area contributed by atoms with Crippen LogP contribution in [0.5, 0.6) is 0 Å². The van der Waals surface area contributed by atoms with Gasteiger partial charge < -0.3 is 9.80 Å². The van der Waals surface area contributed by atoms with Crippen LogP contribution in [0.3, 0.4) is 0 Å². The van der Waals surface area contributed by atoms with Gasteiger partial charge in [-0.15, -0.1) is 0 Å². The predicted molar refractivity (Wildman–Crippen MR) is 162 cm³/mol. The first-order valence-electron chi connectivity index (χ1n) is 12.9. The molecular formula is C31H29Cl2N3O3S. The number of benzene rings is 4. The van der Waals surface area contributed by atoms with Crippen LogP contribution in [0.1, 0.15) is 21.5 Å². The maximum atomic E-state index is 13.7. The number of rotatable bonds is 7. The van der Waals surface area contributed by atoms with E-state index in [1.807, 2.05) is 48.2 Å². The molecule has 1 fully saturated rings. The largest absolute Gasteiger partial charge is 0.368 e. The predicted octanol–water partition coefficient (Wildman–Crippen LogP) is 6.66. The van der Waals surface area contributed by atoms with Gasteiger partial charge in [-0.3, -0.25) is 9.10 Å². The van der Waals surface area contributed by atoms with Crippen molar-refractivity contribution < 1.29 is 13.2 Å². The summed E-state index contributed by atoms with van der Waals surface area (Å²) in [6.45, 7) is 4.58. The Morgan fingerprint density at radius 3 is 2.15 bits per heavy atom. The molecule has 1 aliphatic rings. The monoisotopic (exact) mass is 593 g/mol. The van der Waals surface area contributed by atoms with E-state index in [4.69, 9.17) is 23.2 Å². The van der Waals surface area contributed by atoms with Gasteiger partial charge >= 0.3 is 0 Å². The Morgan fingerprint density at radius 2 is 1.48 bits per heavy atom. The van der Waals surface area contributed by atoms with Gasteiger partial charge in [-0.1, -0.05) is 65.7 Å². The number of nitrogens with zero attached hydrogens (tertiary/aromatic N) is 3. The molecule has 0 spiro atoms. The lowest BCUT2D eigenvalue weighted by molar-refractivity contribution is 0.0746. The molecule has 0 saturated carbocycles. The molecule has 6 nitrogen and oxygen atoms in total. The Hall–Kier alpha value is -3.52. The summed E-state index contributed by atoms with van der Waals surface area (Å²) < 4.78 is 28.9. The lowest BCUT2D eigenvalue weighted by Crippen LogP contribution is -2.48. The highest BCUT2D eigenvalue weighted by molar-refractivity contribution is 7.92. The highest BCUT2D eigenvalue weighted by Crippen LogP contribution is 2.31. The van der Waals surface area contributed by atoms with Crippen LogP contribution in [0.4, 0.5) is 11.4 Å². The number of hydrogen-bond acceptors (Lipinski definition) is 4. The summed E-state index contributed by atoms with van der Waals surface area (Å²) in [6, 6.07) is 28.4. The van der Waals surface area contributed by atoms with Gasteiger partial charge in [0.15, 0.2) is 0 Å². The third-order valence-corrected chi connectivity index (χ3v) is 9.28. The first kappa shape index (κ1) is 28.0. The van der Waals surface area contributed by atoms with Crippen molar-refractivity contribution in [2.24, 2.45) is 0 Å². The van der Waals surface area contributed by atoms with Gasteiger partial charge in [0.05, 0.1) is 17.1 Å². The third kappa shape index (κ3) is 6.12. The number of aryl methyl sites for hydroxylation is 1. The molecule has 5 rings (SSSR count). The number of halogens is 2. The zero-order chi connectivity index (χ0) is 28.3. The molecule has 1 saturated heterocycles. The van der Waals surface area contributed by atoms with Crippen LogP contribution in [0, 0.1) is 6.92 Å². The van der Waals surface area contributed by atoms with E-state index in [-0.39, 0.29) is 17.3 Å². The fourth-order valence-corrected chi connectivity index (χ4v) is 6.69. The summed E-state index contributed by atoms with van der Waals surface area (Å²) in [5.41, 5.74) is 3.66. The molecule has 0 N–H and O–H groups in total. The summed E-state index contributed by atoms with van der Waals surface area (Å²) >= 11 is 12.4. The Kier molecular flexibility index (Phi) is 8.35. The zero-order valence-electron chi connectivity index (χ0n) is 22.0. The normalized spacial score (nSPS) is 13.8. The van der Waals surface area contributed by atoms with Crippen molar-refractivity contribution in [2.75, 3.05) is 35.4 Å². The SMILES string of the molecule is Cc1ccc(Cl)cc1N(Cc1ccc(C(=O)N2CCN(c3cccc(Cl)c3)CC2)cc1)S(=O)(=O)c1ccccc1. The second-order valence-electron chi connectivity index (χ2n) is 9.71. The quantitative estimate of drug-likeness (QED) is 0.240. The first-order chi connectivity index (χ1) is 19.2. The lowest BCUT2D eigenvalue weighted by atomic mass is 10.1. The van der Waals surface area contributed by atoms with Crippen LogP contribution >= 0.6 is 23.2 Å². The number of sulfonamides is 1. The van der Waals surface area contributed by atoms with E-state index >= 15 is 0 Å². The van der Waals surface area contributed by atoms with E-state index in [1.165, 1.54) is 4.31 Å². The van der Waals surface area contributed by atoms with Crippen LogP contribution in [0.25, 0.3) is 0 Å². The Morgan fingerprint density at radius 1 is 0.800 bits per heavy atom. The number of carbonyl (C=O) groups excluding carboxylic acids is 1. The summed E-state index contributed by atoms with van der Waals surface area (Å²) in [5, 5.41) is 1.14. The maximum Gasteiger partial charge on any atom is 0.264 e. The van der Waals surface area contributed by atoms with Crippen molar-refractivity contribution in [3.05, 3.63) is 124 Å². The number of hydrogen-bond donors (Lipinski definition) is 0. The number of anilines is 2. The van der Waals surface area contributed by atoms with Gasteiger partial charge in [0.2, 0.25) is 0 Å². The van der Waals surface area contributed by atoms with Gasteiger partial charge in [0.1, 0.15) is 0 Å². The van der Waals surface area contributed by atoms with Gasteiger partial charge in [0, 0.05) is 47.5 Å². The van der Waals surface area contributed by atoms with Crippen LogP contribution < -0.4 is 9.21 Å². The molecule has 0 unspecified atom stereocenters. The van der Waals surface area contributed by atoms with E-state index in [9.17, 15) is 13.2 Å². The molecule has 0 atom stereocenters. The standard InChI is InChI=1S/C31H29Cl2N3O3S/c1-23-10-15-27(33)21-30(23)36(40(38,39)29-8-3-2-4-9-29)22-24-11-13-25(14-12-24)31(37)35-18-16-34(17-19-35)28-7-5-6-26(32)20-28/h2-15,20-21H,16-19,22H2,1H3. The molecule has 0 aromatic heterocycles. The molecule has 0 aliphatic carbocycles. The molecule has 1 heterocycles. The summed E-state index contributed by atoms with van der Waals surface area (Å²) in [4.78, 5) is 17.5. The number of carbonyl (C=O) groups is 1. The average molecular weight is 595 g/mol. The van der Waals surface area contributed by atoms with E-state index in [0.29, 0.717) is 34.4 Å². The van der Waals surface area contributed by atoms with Crippen LogP contribution in [0.15, 0.2) is 102 Å². The van der Waals surface area contributed by atoms with Crippen LogP contribution in [-0.4, -0.2) is 45.4 Å². The van der Waals surface area contributed by atoms with E-state index in [0.717, 1.165) is 29.9 Å². The van der Waals surface area contributed by atoms with E-state index in [1.54, 1.807) is 60.7 Å². The molecule has 4 aromatic rings. The van der Waals surface area contributed by atoms with E-state index in [2.05, 4.69) is 4.90 Å². The molecule has 9 heteroatoms. The molecule has 1 aliphatic heterocycles. The summed E-state index contributed by atoms with van der Waals surface area (Å²) in [6.07, 6.45) is 0. The van der Waals surface area contributed by atoms with Gasteiger partial charge in [-0.25, -0.2) is 8.42 Å². The number of amides is 1. The molecule has 0 bridgehead atoms. The fourth-order valence-electron chi connectivity index (χ4n) is 4.81. The van der Waals surface area contributed by atoms with Crippen molar-refractivity contribution in [2.45, 2.75) is 18.4 Å². The van der Waals surface area contributed by atoms with E-state index < -0.39 is 10.0 Å². The minimum atomic E-state index is -3.88. The molecule has 1 amide bonds. The Labute approximate surface area is 245 Å². The van der Waals surface area contributed by atoms with Gasteiger partial charge in [0.25, 0.3) is 15.9 Å². The minimum absolute atomic E-state index is 0.0447. The third-order valence-electron chi connectivity index (χ3n) is 7.04. The summed E-state index contributed by atoms with van der Waals surface area (Å²) in [7, 11) is -3.88.